The zero-order chi connectivity index (χ0) is 14.5. The molecule has 2 heterocycles. The number of likely N-dealkylation sites (N-methyl/N-ethyl adjacent to an activating group) is 1. The highest BCUT2D eigenvalue weighted by Crippen LogP contribution is 2.17. The first-order valence-corrected chi connectivity index (χ1v) is 6.74. The van der Waals surface area contributed by atoms with E-state index in [4.69, 9.17) is 10.8 Å². The molecule has 1 aromatic heterocycles. The molecule has 0 aliphatic carbocycles. The minimum absolute atomic E-state index is 0.107. The van der Waals surface area contributed by atoms with Gasteiger partial charge in [0.05, 0.1) is 0 Å². The molecule has 2 rings (SSSR count). The van der Waals surface area contributed by atoms with E-state index in [0.29, 0.717) is 11.9 Å². The topological polar surface area (TPSA) is 95.6 Å². The number of rotatable bonds is 6. The molecule has 7 heteroatoms. The molecule has 1 aliphatic rings. The molecule has 0 aromatic carbocycles. The Hall–Kier alpha value is -1.73. The lowest BCUT2D eigenvalue weighted by atomic mass is 10.1. The fourth-order valence-corrected chi connectivity index (χ4v) is 2.41. The molecule has 1 aromatic rings. The Morgan fingerprint density at radius 3 is 2.80 bits per heavy atom. The van der Waals surface area contributed by atoms with Crippen molar-refractivity contribution in [2.24, 2.45) is 11.7 Å². The Kier molecular flexibility index (Phi) is 4.86. The number of carboxylic acid groups (broad SMARTS) is 1. The molecule has 110 valence electrons. The third-order valence-corrected chi connectivity index (χ3v) is 3.52. The van der Waals surface area contributed by atoms with Gasteiger partial charge in [0.15, 0.2) is 0 Å². The van der Waals surface area contributed by atoms with E-state index in [1.807, 2.05) is 0 Å². The highest BCUT2D eigenvalue weighted by Gasteiger charge is 2.21. The van der Waals surface area contributed by atoms with E-state index in [0.717, 1.165) is 38.2 Å². The van der Waals surface area contributed by atoms with Crippen LogP contribution in [0.5, 0.6) is 0 Å². The maximum atomic E-state index is 10.6. The lowest BCUT2D eigenvalue weighted by molar-refractivity contribution is -0.135. The summed E-state index contributed by atoms with van der Waals surface area (Å²) in [6.07, 6.45) is 4.67. The van der Waals surface area contributed by atoms with Gasteiger partial charge >= 0.3 is 5.97 Å². The van der Waals surface area contributed by atoms with E-state index >= 15 is 0 Å². The average molecular weight is 279 g/mol. The number of hydrogen-bond acceptors (Lipinski definition) is 6. The Balaban J connectivity index is 1.90. The van der Waals surface area contributed by atoms with Gasteiger partial charge in [-0.25, -0.2) is 9.97 Å². The zero-order valence-electron chi connectivity index (χ0n) is 11.7. The number of likely N-dealkylation sites (tertiary alicyclic amines) is 1. The van der Waals surface area contributed by atoms with Gasteiger partial charge in [0.25, 0.3) is 0 Å². The van der Waals surface area contributed by atoms with Crippen LogP contribution in [0.25, 0.3) is 0 Å². The fraction of sp³-hybridized carbons (Fsp3) is 0.615. The SMILES string of the molecule is CN(CC(=O)O)c1ncc(CN2CCC(CN)C2)cn1. The molecule has 0 amide bonds. The Bertz CT molecular complexity index is 451. The summed E-state index contributed by atoms with van der Waals surface area (Å²) < 4.78 is 0. The Morgan fingerprint density at radius 2 is 2.25 bits per heavy atom. The minimum atomic E-state index is -0.898. The fourth-order valence-electron chi connectivity index (χ4n) is 2.41. The summed E-state index contributed by atoms with van der Waals surface area (Å²) in [6, 6.07) is 0. The lowest BCUT2D eigenvalue weighted by Crippen LogP contribution is -2.27. The van der Waals surface area contributed by atoms with E-state index in [-0.39, 0.29) is 6.54 Å². The number of nitrogens with zero attached hydrogens (tertiary/aromatic N) is 4. The summed E-state index contributed by atoms with van der Waals surface area (Å²) in [6.45, 7) is 3.54. The molecule has 1 saturated heterocycles. The number of nitrogens with two attached hydrogens (primary N) is 1. The first-order valence-electron chi connectivity index (χ1n) is 6.74. The quantitative estimate of drug-likeness (QED) is 0.743. The van der Waals surface area contributed by atoms with Gasteiger partial charge in [0, 0.05) is 38.1 Å². The van der Waals surface area contributed by atoms with Crippen LogP contribution in [0, 0.1) is 5.92 Å². The summed E-state index contributed by atoms with van der Waals surface area (Å²) in [7, 11) is 1.66. The number of carbonyl (C=O) groups is 1. The molecule has 1 fully saturated rings. The van der Waals surface area contributed by atoms with Crippen molar-refractivity contribution in [3.8, 4) is 0 Å². The van der Waals surface area contributed by atoms with Gasteiger partial charge in [-0.2, -0.15) is 0 Å². The molecule has 1 unspecified atom stereocenters. The number of anilines is 1. The van der Waals surface area contributed by atoms with E-state index in [9.17, 15) is 4.79 Å². The molecule has 1 atom stereocenters. The number of hydrogen-bond donors (Lipinski definition) is 2. The van der Waals surface area contributed by atoms with Crippen LogP contribution in [-0.2, 0) is 11.3 Å². The maximum Gasteiger partial charge on any atom is 0.323 e. The van der Waals surface area contributed by atoms with E-state index in [1.165, 1.54) is 4.90 Å². The van der Waals surface area contributed by atoms with Crippen LogP contribution >= 0.6 is 0 Å². The molecule has 0 radical (unpaired) electrons. The summed E-state index contributed by atoms with van der Waals surface area (Å²) in [4.78, 5) is 22.9. The van der Waals surface area contributed by atoms with Crippen molar-refractivity contribution in [1.82, 2.24) is 14.9 Å². The van der Waals surface area contributed by atoms with Crippen molar-refractivity contribution < 1.29 is 9.90 Å². The van der Waals surface area contributed by atoms with Crippen molar-refractivity contribution in [3.63, 3.8) is 0 Å². The van der Waals surface area contributed by atoms with Crippen LogP contribution in [0.3, 0.4) is 0 Å². The van der Waals surface area contributed by atoms with Crippen molar-refractivity contribution >= 4 is 11.9 Å². The third kappa shape index (κ3) is 3.88. The summed E-state index contributed by atoms with van der Waals surface area (Å²) in [5.41, 5.74) is 6.71. The Labute approximate surface area is 118 Å². The minimum Gasteiger partial charge on any atom is -0.480 e. The second-order valence-electron chi connectivity index (χ2n) is 5.27. The second-order valence-corrected chi connectivity index (χ2v) is 5.27. The van der Waals surface area contributed by atoms with Crippen LogP contribution in [0.4, 0.5) is 5.95 Å². The largest absolute Gasteiger partial charge is 0.480 e. The van der Waals surface area contributed by atoms with Crippen molar-refractivity contribution in [2.45, 2.75) is 13.0 Å². The molecule has 0 bridgehead atoms. The van der Waals surface area contributed by atoms with E-state index < -0.39 is 5.97 Å². The molecular weight excluding hydrogens is 258 g/mol. The Morgan fingerprint density at radius 1 is 1.55 bits per heavy atom. The van der Waals surface area contributed by atoms with Crippen molar-refractivity contribution in [1.29, 1.82) is 0 Å². The maximum absolute atomic E-state index is 10.6. The van der Waals surface area contributed by atoms with Crippen molar-refractivity contribution in [3.05, 3.63) is 18.0 Å². The third-order valence-electron chi connectivity index (χ3n) is 3.52. The van der Waals surface area contributed by atoms with Crippen LogP contribution < -0.4 is 10.6 Å². The number of carboxylic acids is 1. The average Bonchev–Trinajstić information content (AvgIpc) is 2.86. The molecule has 0 saturated carbocycles. The normalized spacial score (nSPS) is 19.2. The molecule has 20 heavy (non-hydrogen) atoms. The summed E-state index contributed by atoms with van der Waals surface area (Å²) in [5.74, 6) is 0.124. The van der Waals surface area contributed by atoms with Crippen LogP contribution in [0.1, 0.15) is 12.0 Å². The molecule has 1 aliphatic heterocycles. The van der Waals surface area contributed by atoms with Gasteiger partial charge in [0.2, 0.25) is 5.95 Å². The van der Waals surface area contributed by atoms with E-state index in [2.05, 4.69) is 14.9 Å². The van der Waals surface area contributed by atoms with Gasteiger partial charge in [0.1, 0.15) is 6.54 Å². The lowest BCUT2D eigenvalue weighted by Gasteiger charge is -2.17. The van der Waals surface area contributed by atoms with E-state index in [1.54, 1.807) is 19.4 Å². The highest BCUT2D eigenvalue weighted by molar-refractivity contribution is 5.72. The first kappa shape index (κ1) is 14.7. The molecule has 7 nitrogen and oxygen atoms in total. The van der Waals surface area contributed by atoms with Crippen molar-refractivity contribution in [2.75, 3.05) is 38.1 Å². The number of aromatic nitrogens is 2. The number of aliphatic carboxylic acids is 1. The van der Waals surface area contributed by atoms with Gasteiger partial charge in [-0.1, -0.05) is 0 Å². The van der Waals surface area contributed by atoms with Gasteiger partial charge in [-0.05, 0) is 25.4 Å². The highest BCUT2D eigenvalue weighted by atomic mass is 16.4. The predicted octanol–water partition coefficient (Wildman–Crippen LogP) is -0.222. The van der Waals surface area contributed by atoms with Gasteiger partial charge in [-0.3, -0.25) is 9.69 Å². The van der Waals surface area contributed by atoms with Crippen LogP contribution in [0.15, 0.2) is 12.4 Å². The summed E-state index contributed by atoms with van der Waals surface area (Å²) >= 11 is 0. The second kappa shape index (κ2) is 6.62. The summed E-state index contributed by atoms with van der Waals surface area (Å²) in [5, 5.41) is 8.72. The van der Waals surface area contributed by atoms with Gasteiger partial charge < -0.3 is 15.7 Å². The smallest absolute Gasteiger partial charge is 0.323 e. The van der Waals surface area contributed by atoms with Crippen LogP contribution in [0.2, 0.25) is 0 Å². The standard InChI is InChI=1S/C13H21N5O2/c1-17(9-12(19)20)13-15-5-11(6-16-13)8-18-3-2-10(4-14)7-18/h5-6,10H,2-4,7-9,14H2,1H3,(H,19,20). The molecule has 0 spiro atoms. The predicted molar refractivity (Wildman–Crippen MR) is 75.4 cm³/mol. The van der Waals surface area contributed by atoms with Gasteiger partial charge in [-0.15, -0.1) is 0 Å². The molecular formula is C13H21N5O2. The first-order chi connectivity index (χ1) is 9.58. The molecule has 3 N–H and O–H groups in total. The monoisotopic (exact) mass is 279 g/mol. The van der Waals surface area contributed by atoms with Crippen LogP contribution in [-0.4, -0.2) is 59.2 Å². The zero-order valence-corrected chi connectivity index (χ0v) is 11.7.